The van der Waals surface area contributed by atoms with Crippen LogP contribution in [0.25, 0.3) is 10.8 Å². The number of benzene rings is 3. The summed E-state index contributed by atoms with van der Waals surface area (Å²) in [6, 6.07) is 21.6. The first-order valence-corrected chi connectivity index (χ1v) is 9.60. The number of ether oxygens (including phenoxy) is 2. The zero-order valence-corrected chi connectivity index (χ0v) is 16.6. The van der Waals surface area contributed by atoms with Gasteiger partial charge in [-0.2, -0.15) is 0 Å². The molecule has 0 spiro atoms. The van der Waals surface area contributed by atoms with Crippen molar-refractivity contribution in [1.82, 2.24) is 5.32 Å². The van der Waals surface area contributed by atoms with E-state index < -0.39 is 0 Å². The predicted molar refractivity (Wildman–Crippen MR) is 113 cm³/mol. The van der Waals surface area contributed by atoms with Gasteiger partial charge in [0.1, 0.15) is 11.5 Å². The number of rotatable bonds is 8. The molecule has 146 valence electrons. The minimum atomic E-state index is -0.130. The summed E-state index contributed by atoms with van der Waals surface area (Å²) >= 11 is 0. The second-order valence-corrected chi connectivity index (χ2v) is 7.29. The van der Waals surface area contributed by atoms with Gasteiger partial charge in [-0.1, -0.05) is 62.4 Å². The van der Waals surface area contributed by atoms with Gasteiger partial charge in [0, 0.05) is 5.39 Å². The minimum absolute atomic E-state index is 0.0151. The molecule has 0 heterocycles. The molecule has 1 atom stereocenters. The Hall–Kier alpha value is -3.01. The van der Waals surface area contributed by atoms with E-state index in [0.29, 0.717) is 5.92 Å². The van der Waals surface area contributed by atoms with Gasteiger partial charge in [-0.05, 0) is 41.5 Å². The van der Waals surface area contributed by atoms with Gasteiger partial charge < -0.3 is 14.8 Å². The standard InChI is InChI=1S/C24H27NO3/c1-17(2)15-22(19-11-13-20(27-3)14-12-19)25-24(26)16-28-23-10-6-8-18-7-4-5-9-21(18)23/h4-14,17,22H,15-16H2,1-3H3,(H,25,26). The zero-order valence-electron chi connectivity index (χ0n) is 16.6. The van der Waals surface area contributed by atoms with Gasteiger partial charge in [-0.3, -0.25) is 4.79 Å². The molecule has 0 aliphatic carbocycles. The molecule has 0 aliphatic rings. The molecule has 3 aromatic carbocycles. The van der Waals surface area contributed by atoms with Crippen molar-refractivity contribution in [2.75, 3.05) is 13.7 Å². The summed E-state index contributed by atoms with van der Waals surface area (Å²) in [6.45, 7) is 4.28. The Balaban J connectivity index is 1.67. The quantitative estimate of drug-likeness (QED) is 0.592. The van der Waals surface area contributed by atoms with E-state index in [4.69, 9.17) is 9.47 Å². The first-order valence-electron chi connectivity index (χ1n) is 9.60. The third-order valence-electron chi connectivity index (χ3n) is 4.67. The topological polar surface area (TPSA) is 47.6 Å². The van der Waals surface area contributed by atoms with Gasteiger partial charge in [0.15, 0.2) is 6.61 Å². The lowest BCUT2D eigenvalue weighted by molar-refractivity contribution is -0.123. The van der Waals surface area contributed by atoms with Crippen molar-refractivity contribution in [3.8, 4) is 11.5 Å². The van der Waals surface area contributed by atoms with E-state index in [9.17, 15) is 4.79 Å². The Morgan fingerprint density at radius 1 is 0.964 bits per heavy atom. The first-order chi connectivity index (χ1) is 13.6. The highest BCUT2D eigenvalue weighted by atomic mass is 16.5. The van der Waals surface area contributed by atoms with E-state index in [0.717, 1.165) is 34.3 Å². The molecule has 4 heteroatoms. The van der Waals surface area contributed by atoms with Crippen molar-refractivity contribution in [2.24, 2.45) is 5.92 Å². The normalized spacial score (nSPS) is 12.0. The summed E-state index contributed by atoms with van der Waals surface area (Å²) in [7, 11) is 1.65. The number of hydrogen-bond donors (Lipinski definition) is 1. The maximum absolute atomic E-state index is 12.6. The van der Waals surface area contributed by atoms with Crippen molar-refractivity contribution >= 4 is 16.7 Å². The van der Waals surface area contributed by atoms with Crippen LogP contribution in [-0.2, 0) is 4.79 Å². The summed E-state index contributed by atoms with van der Waals surface area (Å²) in [5.74, 6) is 1.84. The van der Waals surface area contributed by atoms with E-state index in [1.807, 2.05) is 66.7 Å². The van der Waals surface area contributed by atoms with Gasteiger partial charge in [-0.15, -0.1) is 0 Å². The minimum Gasteiger partial charge on any atom is -0.497 e. The molecule has 0 bridgehead atoms. The molecule has 0 saturated carbocycles. The van der Waals surface area contributed by atoms with Crippen molar-refractivity contribution < 1.29 is 14.3 Å². The lowest BCUT2D eigenvalue weighted by Crippen LogP contribution is -2.33. The van der Waals surface area contributed by atoms with E-state index >= 15 is 0 Å². The molecule has 3 rings (SSSR count). The first kappa shape index (κ1) is 19.7. The fraction of sp³-hybridized carbons (Fsp3) is 0.292. The maximum atomic E-state index is 12.6. The highest BCUT2D eigenvalue weighted by Crippen LogP contribution is 2.26. The van der Waals surface area contributed by atoms with Crippen LogP contribution < -0.4 is 14.8 Å². The number of carbonyl (C=O) groups is 1. The summed E-state index contributed by atoms with van der Waals surface area (Å²) in [5, 5.41) is 5.22. The van der Waals surface area contributed by atoms with Gasteiger partial charge in [0.2, 0.25) is 0 Å². The van der Waals surface area contributed by atoms with Gasteiger partial charge in [0.05, 0.1) is 13.2 Å². The fourth-order valence-electron chi connectivity index (χ4n) is 3.29. The summed E-state index contributed by atoms with van der Waals surface area (Å²) in [6.07, 6.45) is 0.854. The van der Waals surface area contributed by atoms with Crippen LogP contribution in [0, 0.1) is 5.92 Å². The molecule has 28 heavy (non-hydrogen) atoms. The summed E-state index contributed by atoms with van der Waals surface area (Å²) < 4.78 is 11.1. The van der Waals surface area contributed by atoms with Crippen molar-refractivity contribution in [3.63, 3.8) is 0 Å². The van der Waals surface area contributed by atoms with Crippen LogP contribution >= 0.6 is 0 Å². The monoisotopic (exact) mass is 377 g/mol. The highest BCUT2D eigenvalue weighted by Gasteiger charge is 2.17. The average molecular weight is 377 g/mol. The van der Waals surface area contributed by atoms with Gasteiger partial charge in [-0.25, -0.2) is 0 Å². The number of carbonyl (C=O) groups excluding carboxylic acids is 1. The molecule has 0 aromatic heterocycles. The van der Waals surface area contributed by atoms with Crippen LogP contribution in [0.4, 0.5) is 0 Å². The van der Waals surface area contributed by atoms with E-state index in [1.54, 1.807) is 7.11 Å². The molecule has 1 N–H and O–H groups in total. The molecule has 1 unspecified atom stereocenters. The van der Waals surface area contributed by atoms with Gasteiger partial charge in [0.25, 0.3) is 5.91 Å². The number of amides is 1. The van der Waals surface area contributed by atoms with Crippen LogP contribution in [0.5, 0.6) is 11.5 Å². The second-order valence-electron chi connectivity index (χ2n) is 7.29. The maximum Gasteiger partial charge on any atom is 0.258 e. The molecule has 0 radical (unpaired) electrons. The van der Waals surface area contributed by atoms with Gasteiger partial charge >= 0.3 is 0 Å². The number of hydrogen-bond acceptors (Lipinski definition) is 3. The van der Waals surface area contributed by atoms with Crippen molar-refractivity contribution in [1.29, 1.82) is 0 Å². The third kappa shape index (κ3) is 5.03. The Morgan fingerprint density at radius 2 is 1.68 bits per heavy atom. The number of methoxy groups -OCH3 is 1. The number of nitrogens with one attached hydrogen (secondary N) is 1. The van der Waals surface area contributed by atoms with Crippen molar-refractivity contribution in [3.05, 3.63) is 72.3 Å². The van der Waals surface area contributed by atoms with Crippen molar-refractivity contribution in [2.45, 2.75) is 26.3 Å². The molecule has 0 fully saturated rings. The summed E-state index contributed by atoms with van der Waals surface area (Å²) in [4.78, 5) is 12.6. The van der Waals surface area contributed by atoms with E-state index in [2.05, 4.69) is 19.2 Å². The largest absolute Gasteiger partial charge is 0.497 e. The fourth-order valence-corrected chi connectivity index (χ4v) is 3.29. The smallest absolute Gasteiger partial charge is 0.258 e. The van der Waals surface area contributed by atoms with Crippen LogP contribution in [-0.4, -0.2) is 19.6 Å². The molecule has 3 aromatic rings. The van der Waals surface area contributed by atoms with Crippen LogP contribution in [0.3, 0.4) is 0 Å². The summed E-state index contributed by atoms with van der Waals surface area (Å²) in [5.41, 5.74) is 1.06. The molecule has 1 amide bonds. The highest BCUT2D eigenvalue weighted by molar-refractivity contribution is 5.88. The van der Waals surface area contributed by atoms with Crippen LogP contribution in [0.2, 0.25) is 0 Å². The van der Waals surface area contributed by atoms with Crippen LogP contribution in [0.15, 0.2) is 66.7 Å². The Bertz CT molecular complexity index is 913. The van der Waals surface area contributed by atoms with E-state index in [1.165, 1.54) is 0 Å². The Labute approximate surface area is 166 Å². The lowest BCUT2D eigenvalue weighted by atomic mass is 9.97. The Morgan fingerprint density at radius 3 is 2.39 bits per heavy atom. The SMILES string of the molecule is COc1ccc(C(CC(C)C)NC(=O)COc2cccc3ccccc23)cc1. The predicted octanol–water partition coefficient (Wildman–Crippen LogP) is 5.13. The molecule has 0 aliphatic heterocycles. The molecular weight excluding hydrogens is 350 g/mol. The van der Waals surface area contributed by atoms with Crippen LogP contribution in [0.1, 0.15) is 31.9 Å². The van der Waals surface area contributed by atoms with E-state index in [-0.39, 0.29) is 18.6 Å². The average Bonchev–Trinajstić information content (AvgIpc) is 2.71. The lowest BCUT2D eigenvalue weighted by Gasteiger charge is -2.21. The molecule has 0 saturated heterocycles. The number of fused-ring (bicyclic) bond motifs is 1. The zero-order chi connectivity index (χ0) is 19.9. The Kier molecular flexibility index (Phi) is 6.53. The molecular formula is C24H27NO3. The molecule has 4 nitrogen and oxygen atoms in total. The second kappa shape index (κ2) is 9.27. The third-order valence-corrected chi connectivity index (χ3v) is 4.67.